The van der Waals surface area contributed by atoms with Crippen molar-refractivity contribution in [3.05, 3.63) is 77.7 Å². The van der Waals surface area contributed by atoms with Crippen LogP contribution in [0.15, 0.2) is 70.4 Å². The van der Waals surface area contributed by atoms with Crippen molar-refractivity contribution < 1.29 is 28.6 Å². The molecule has 0 spiro atoms. The molecule has 0 aliphatic rings. The van der Waals surface area contributed by atoms with Gasteiger partial charge in [-0.15, -0.1) is 0 Å². The molecule has 3 rings (SSSR count). The number of hydrogen-bond acceptors (Lipinski definition) is 7. The molecule has 0 fully saturated rings. The van der Waals surface area contributed by atoms with Crippen molar-refractivity contribution in [2.45, 2.75) is 0 Å². The number of aromatic carboxylic acids is 1. The first-order valence-electron chi connectivity index (χ1n) is 8.13. The Bertz CT molecular complexity index is 994. The largest absolute Gasteiger partial charge is 0.493 e. The number of carbonyl (C=O) groups excluding carboxylic acids is 1. The Balaban J connectivity index is 1.66. The molecular formula is C20H16N2O6. The molecule has 8 nitrogen and oxygen atoms in total. The second-order valence-electron chi connectivity index (χ2n) is 5.53. The number of methoxy groups -OCH3 is 1. The third-order valence-electron chi connectivity index (χ3n) is 3.65. The van der Waals surface area contributed by atoms with E-state index >= 15 is 0 Å². The van der Waals surface area contributed by atoms with Gasteiger partial charge in [-0.05, 0) is 60.2 Å². The number of benzene rings is 2. The highest BCUT2D eigenvalue weighted by molar-refractivity contribution is 5.89. The molecule has 0 unspecified atom stereocenters. The Kier molecular flexibility index (Phi) is 5.71. The maximum absolute atomic E-state index is 12.0. The smallest absolute Gasteiger partial charge is 0.379 e. The minimum absolute atomic E-state index is 0.0887. The summed E-state index contributed by atoms with van der Waals surface area (Å²) in [6.45, 7) is 0. The zero-order valence-electron chi connectivity index (χ0n) is 14.8. The van der Waals surface area contributed by atoms with E-state index in [1.807, 2.05) is 0 Å². The van der Waals surface area contributed by atoms with Gasteiger partial charge in [-0.2, -0.15) is 5.10 Å². The molecule has 0 amide bonds. The number of furan rings is 1. The number of nitrogens with zero attached hydrogens (tertiary/aromatic N) is 1. The first kappa shape index (κ1) is 18.7. The molecule has 8 heteroatoms. The number of carboxylic acid groups (broad SMARTS) is 1. The van der Waals surface area contributed by atoms with Crippen molar-refractivity contribution >= 4 is 23.8 Å². The van der Waals surface area contributed by atoms with Gasteiger partial charge in [0.2, 0.25) is 5.76 Å². The molecule has 0 aliphatic heterocycles. The van der Waals surface area contributed by atoms with E-state index in [9.17, 15) is 9.59 Å². The second-order valence-corrected chi connectivity index (χ2v) is 5.53. The highest BCUT2D eigenvalue weighted by atomic mass is 16.6. The first-order chi connectivity index (χ1) is 13.6. The summed E-state index contributed by atoms with van der Waals surface area (Å²) >= 11 is 0. The Morgan fingerprint density at radius 1 is 1.11 bits per heavy atom. The maximum Gasteiger partial charge on any atom is 0.379 e. The standard InChI is InChI=1S/C20H16N2O6/c1-26-18-11-13(4-9-16(18)28-20(25)17-3-2-10-27-17)12-21-22-15-7-5-14(6-8-15)19(23)24/h2-12,22H,1H3,(H,23,24)/b21-12-. The molecule has 2 N–H and O–H groups in total. The quantitative estimate of drug-likeness (QED) is 0.279. The van der Waals surface area contributed by atoms with E-state index in [1.54, 1.807) is 42.6 Å². The average molecular weight is 380 g/mol. The van der Waals surface area contributed by atoms with Gasteiger partial charge in [-0.25, -0.2) is 9.59 Å². The third kappa shape index (κ3) is 4.55. The van der Waals surface area contributed by atoms with E-state index in [4.69, 9.17) is 19.0 Å². The van der Waals surface area contributed by atoms with Crippen LogP contribution in [0, 0.1) is 0 Å². The van der Waals surface area contributed by atoms with Gasteiger partial charge >= 0.3 is 11.9 Å². The van der Waals surface area contributed by atoms with Crippen LogP contribution in [0.25, 0.3) is 0 Å². The highest BCUT2D eigenvalue weighted by Gasteiger charge is 2.14. The highest BCUT2D eigenvalue weighted by Crippen LogP contribution is 2.28. The summed E-state index contributed by atoms with van der Waals surface area (Å²) in [6.07, 6.45) is 2.93. The summed E-state index contributed by atoms with van der Waals surface area (Å²) in [7, 11) is 1.46. The van der Waals surface area contributed by atoms with Gasteiger partial charge in [0.25, 0.3) is 0 Å². The molecular weight excluding hydrogens is 364 g/mol. The molecule has 1 aromatic heterocycles. The van der Waals surface area contributed by atoms with Crippen LogP contribution in [0.5, 0.6) is 11.5 Å². The van der Waals surface area contributed by atoms with Crippen LogP contribution >= 0.6 is 0 Å². The van der Waals surface area contributed by atoms with Crippen molar-refractivity contribution in [2.75, 3.05) is 12.5 Å². The number of hydrazone groups is 1. The lowest BCUT2D eigenvalue weighted by Gasteiger charge is -2.09. The van der Waals surface area contributed by atoms with Crippen LogP contribution in [0.2, 0.25) is 0 Å². The van der Waals surface area contributed by atoms with E-state index in [2.05, 4.69) is 10.5 Å². The number of esters is 1. The van der Waals surface area contributed by atoms with Crippen LogP contribution in [0.3, 0.4) is 0 Å². The Labute approximate surface area is 160 Å². The van der Waals surface area contributed by atoms with Crippen molar-refractivity contribution in [1.82, 2.24) is 0 Å². The fourth-order valence-corrected chi connectivity index (χ4v) is 2.26. The van der Waals surface area contributed by atoms with Crippen LogP contribution in [-0.2, 0) is 0 Å². The molecule has 142 valence electrons. The number of nitrogens with one attached hydrogen (secondary N) is 1. The van der Waals surface area contributed by atoms with E-state index in [-0.39, 0.29) is 17.1 Å². The second kappa shape index (κ2) is 8.54. The molecule has 2 aromatic carbocycles. The molecule has 1 heterocycles. The lowest BCUT2D eigenvalue weighted by molar-refractivity contribution is 0.0687. The lowest BCUT2D eigenvalue weighted by Crippen LogP contribution is -2.08. The molecule has 0 saturated heterocycles. The van der Waals surface area contributed by atoms with Gasteiger partial charge in [-0.1, -0.05) is 0 Å². The summed E-state index contributed by atoms with van der Waals surface area (Å²) in [6, 6.07) is 14.2. The Morgan fingerprint density at radius 2 is 1.89 bits per heavy atom. The molecule has 3 aromatic rings. The molecule has 0 aliphatic carbocycles. The number of carboxylic acids is 1. The van der Waals surface area contributed by atoms with Gasteiger partial charge in [0.15, 0.2) is 11.5 Å². The topological polar surface area (TPSA) is 110 Å². The molecule has 0 atom stereocenters. The number of carbonyl (C=O) groups is 2. The lowest BCUT2D eigenvalue weighted by atomic mass is 10.2. The Hall–Kier alpha value is -4.07. The first-order valence-corrected chi connectivity index (χ1v) is 8.13. The zero-order chi connectivity index (χ0) is 19.9. The SMILES string of the molecule is COc1cc(/C=N\Nc2ccc(C(=O)O)cc2)ccc1OC(=O)c1ccco1. The predicted molar refractivity (Wildman–Crippen MR) is 101 cm³/mol. The fourth-order valence-electron chi connectivity index (χ4n) is 2.26. The minimum atomic E-state index is -0.991. The fraction of sp³-hybridized carbons (Fsp3) is 0.0500. The van der Waals surface area contributed by atoms with Crippen molar-refractivity contribution in [3.63, 3.8) is 0 Å². The third-order valence-corrected chi connectivity index (χ3v) is 3.65. The number of hydrogen-bond donors (Lipinski definition) is 2. The van der Waals surface area contributed by atoms with Crippen LogP contribution in [-0.4, -0.2) is 30.4 Å². The van der Waals surface area contributed by atoms with Gasteiger partial charge < -0.3 is 19.0 Å². The number of anilines is 1. The normalized spacial score (nSPS) is 10.6. The summed E-state index contributed by atoms with van der Waals surface area (Å²) < 4.78 is 15.5. The van der Waals surface area contributed by atoms with Gasteiger partial charge in [0, 0.05) is 0 Å². The maximum atomic E-state index is 12.0. The molecule has 0 saturated carbocycles. The van der Waals surface area contributed by atoms with Gasteiger partial charge in [0.1, 0.15) is 0 Å². The summed E-state index contributed by atoms with van der Waals surface area (Å²) in [5.74, 6) is -0.926. The van der Waals surface area contributed by atoms with Crippen LogP contribution in [0.4, 0.5) is 5.69 Å². The number of rotatable bonds is 7. The zero-order valence-corrected chi connectivity index (χ0v) is 14.8. The minimum Gasteiger partial charge on any atom is -0.493 e. The average Bonchev–Trinajstić information content (AvgIpc) is 3.24. The van der Waals surface area contributed by atoms with E-state index in [0.717, 1.165) is 0 Å². The van der Waals surface area contributed by atoms with Crippen LogP contribution < -0.4 is 14.9 Å². The monoisotopic (exact) mass is 380 g/mol. The Morgan fingerprint density at radius 3 is 2.54 bits per heavy atom. The van der Waals surface area contributed by atoms with Gasteiger partial charge in [0.05, 0.1) is 30.8 Å². The van der Waals surface area contributed by atoms with Crippen molar-refractivity contribution in [3.8, 4) is 11.5 Å². The summed E-state index contributed by atoms with van der Waals surface area (Å²) in [5.41, 5.74) is 4.33. The number of ether oxygens (including phenoxy) is 2. The molecule has 28 heavy (non-hydrogen) atoms. The van der Waals surface area contributed by atoms with Crippen LogP contribution in [0.1, 0.15) is 26.5 Å². The van der Waals surface area contributed by atoms with Crippen molar-refractivity contribution in [1.29, 1.82) is 0 Å². The summed E-state index contributed by atoms with van der Waals surface area (Å²) in [4.78, 5) is 22.8. The summed E-state index contributed by atoms with van der Waals surface area (Å²) in [5, 5.41) is 13.0. The molecule has 0 bridgehead atoms. The van der Waals surface area contributed by atoms with E-state index < -0.39 is 11.9 Å². The van der Waals surface area contributed by atoms with E-state index in [1.165, 1.54) is 31.6 Å². The van der Waals surface area contributed by atoms with Gasteiger partial charge in [-0.3, -0.25) is 5.43 Å². The molecule has 0 radical (unpaired) electrons. The predicted octanol–water partition coefficient (Wildman–Crippen LogP) is 3.65. The van der Waals surface area contributed by atoms with Crippen molar-refractivity contribution in [2.24, 2.45) is 5.10 Å². The van der Waals surface area contributed by atoms with E-state index in [0.29, 0.717) is 17.0 Å².